The molecule has 9 heteroatoms. The molecule has 0 aliphatic carbocycles. The van der Waals surface area contributed by atoms with Crippen molar-refractivity contribution in [3.8, 4) is 0 Å². The Hall–Kier alpha value is -2.10. The van der Waals surface area contributed by atoms with E-state index < -0.39 is 30.4 Å². The van der Waals surface area contributed by atoms with Crippen molar-refractivity contribution < 1.29 is 13.3 Å². The Bertz CT molecular complexity index is 872. The Labute approximate surface area is 150 Å². The Balaban J connectivity index is 2.47. The number of sulfonamides is 1. The minimum absolute atomic E-state index is 0.115. The molecule has 134 valence electrons. The number of hydrogen-bond donors (Lipinski definition) is 2. The number of nitro groups is 1. The van der Waals surface area contributed by atoms with E-state index in [2.05, 4.69) is 5.32 Å². The van der Waals surface area contributed by atoms with E-state index in [1.807, 2.05) is 44.2 Å². The molecule has 1 unspecified atom stereocenters. The van der Waals surface area contributed by atoms with E-state index in [1.165, 1.54) is 23.9 Å². The van der Waals surface area contributed by atoms with Crippen molar-refractivity contribution in [2.45, 2.75) is 34.9 Å². The molecule has 0 saturated carbocycles. The van der Waals surface area contributed by atoms with Crippen LogP contribution in [0.4, 0.5) is 11.4 Å². The molecule has 1 atom stereocenters. The van der Waals surface area contributed by atoms with Crippen LogP contribution in [0.1, 0.15) is 20.3 Å². The molecule has 3 N–H and O–H groups in total. The summed E-state index contributed by atoms with van der Waals surface area (Å²) in [6, 6.07) is 13.6. The SMILES string of the molecule is CCC(C)(Nc1cccc([N+](=O)[O-])c1S(N)(=O)=O)Sc1ccccc1. The summed E-state index contributed by atoms with van der Waals surface area (Å²) in [7, 11) is -4.28. The fourth-order valence-corrected chi connectivity index (χ4v) is 4.26. The molecule has 0 spiro atoms. The summed E-state index contributed by atoms with van der Waals surface area (Å²) in [6.07, 6.45) is 0.638. The highest BCUT2D eigenvalue weighted by atomic mass is 32.2. The number of hydrogen-bond acceptors (Lipinski definition) is 6. The Kier molecular flexibility index (Phi) is 5.71. The third kappa shape index (κ3) is 4.71. The Morgan fingerprint density at radius 2 is 1.84 bits per heavy atom. The van der Waals surface area contributed by atoms with E-state index >= 15 is 0 Å². The number of thioether (sulfide) groups is 1. The van der Waals surface area contributed by atoms with Crippen LogP contribution in [0.5, 0.6) is 0 Å². The molecule has 0 saturated heterocycles. The number of rotatable bonds is 7. The van der Waals surface area contributed by atoms with E-state index in [4.69, 9.17) is 5.14 Å². The van der Waals surface area contributed by atoms with Gasteiger partial charge in [0.1, 0.15) is 0 Å². The fraction of sp³-hybridized carbons (Fsp3) is 0.250. The van der Waals surface area contributed by atoms with Crippen LogP contribution in [0, 0.1) is 10.1 Å². The second kappa shape index (κ2) is 7.42. The van der Waals surface area contributed by atoms with Crippen LogP contribution in [0.2, 0.25) is 0 Å². The van der Waals surface area contributed by atoms with Gasteiger partial charge in [0.25, 0.3) is 5.69 Å². The van der Waals surface area contributed by atoms with Gasteiger partial charge in [-0.1, -0.05) is 43.0 Å². The van der Waals surface area contributed by atoms with Crippen molar-refractivity contribution in [2.24, 2.45) is 5.14 Å². The summed E-state index contributed by atoms with van der Waals surface area (Å²) < 4.78 is 23.9. The van der Waals surface area contributed by atoms with Gasteiger partial charge < -0.3 is 5.32 Å². The highest BCUT2D eigenvalue weighted by molar-refractivity contribution is 8.00. The molecule has 0 aliphatic rings. The van der Waals surface area contributed by atoms with Crippen LogP contribution in [0.3, 0.4) is 0 Å². The van der Waals surface area contributed by atoms with Crippen molar-refractivity contribution in [1.29, 1.82) is 0 Å². The van der Waals surface area contributed by atoms with Gasteiger partial charge in [-0.15, -0.1) is 0 Å². The second-order valence-corrected chi connectivity index (χ2v) is 8.66. The largest absolute Gasteiger partial charge is 0.369 e. The molecule has 0 fully saturated rings. The van der Waals surface area contributed by atoms with E-state index in [1.54, 1.807) is 0 Å². The van der Waals surface area contributed by atoms with E-state index in [0.29, 0.717) is 6.42 Å². The van der Waals surface area contributed by atoms with Gasteiger partial charge in [-0.2, -0.15) is 0 Å². The zero-order valence-corrected chi connectivity index (χ0v) is 15.4. The van der Waals surface area contributed by atoms with Crippen LogP contribution >= 0.6 is 11.8 Å². The third-order valence-corrected chi connectivity index (χ3v) is 5.98. The van der Waals surface area contributed by atoms with Gasteiger partial charge >= 0.3 is 0 Å². The minimum Gasteiger partial charge on any atom is -0.369 e. The predicted molar refractivity (Wildman–Crippen MR) is 99.1 cm³/mol. The van der Waals surface area contributed by atoms with Crippen LogP contribution in [0.15, 0.2) is 58.3 Å². The molecule has 2 aromatic rings. The van der Waals surface area contributed by atoms with Gasteiger partial charge in [0.15, 0.2) is 4.90 Å². The molecule has 0 radical (unpaired) electrons. The molecule has 2 aromatic carbocycles. The first-order valence-electron chi connectivity index (χ1n) is 7.49. The normalized spacial score (nSPS) is 13.9. The lowest BCUT2D eigenvalue weighted by Crippen LogP contribution is -2.31. The van der Waals surface area contributed by atoms with E-state index in [0.717, 1.165) is 11.0 Å². The Morgan fingerprint density at radius 1 is 1.20 bits per heavy atom. The summed E-state index contributed by atoms with van der Waals surface area (Å²) in [5, 5.41) is 19.6. The highest BCUT2D eigenvalue weighted by Crippen LogP contribution is 2.39. The molecule has 25 heavy (non-hydrogen) atoms. The van der Waals surface area contributed by atoms with Crippen molar-refractivity contribution in [2.75, 3.05) is 5.32 Å². The molecular weight excluding hydrogens is 362 g/mol. The minimum atomic E-state index is -4.28. The lowest BCUT2D eigenvalue weighted by molar-refractivity contribution is -0.387. The van der Waals surface area contributed by atoms with Crippen molar-refractivity contribution in [3.63, 3.8) is 0 Å². The van der Waals surface area contributed by atoms with Crippen LogP contribution in [0.25, 0.3) is 0 Å². The number of nitrogens with one attached hydrogen (secondary N) is 1. The van der Waals surface area contributed by atoms with Gasteiger partial charge in [0, 0.05) is 11.0 Å². The second-order valence-electron chi connectivity index (χ2n) is 5.58. The molecule has 0 amide bonds. The summed E-state index contributed by atoms with van der Waals surface area (Å²) in [4.78, 5) is 10.3. The standard InChI is InChI=1S/C16H19N3O4S2/c1-3-16(2,24-12-8-5-4-6-9-12)18-13-10-7-11-14(19(20)21)15(13)25(17,22)23/h4-11,18H,3H2,1-2H3,(H2,17,22,23). The number of benzene rings is 2. The smallest absolute Gasteiger partial charge is 0.291 e. The van der Waals surface area contributed by atoms with Gasteiger partial charge in [-0.05, 0) is 31.5 Å². The average molecular weight is 381 g/mol. The zero-order valence-electron chi connectivity index (χ0n) is 13.8. The number of nitrogens with zero attached hydrogens (tertiary/aromatic N) is 1. The quantitative estimate of drug-likeness (QED) is 0.328. The van der Waals surface area contributed by atoms with E-state index in [-0.39, 0.29) is 5.69 Å². The molecule has 2 rings (SSSR count). The fourth-order valence-electron chi connectivity index (χ4n) is 2.29. The summed E-state index contributed by atoms with van der Waals surface area (Å²) in [5.74, 6) is 0. The number of nitro benzene ring substituents is 1. The first-order chi connectivity index (χ1) is 11.7. The average Bonchev–Trinajstić information content (AvgIpc) is 2.54. The summed E-state index contributed by atoms with van der Waals surface area (Å²) in [5.41, 5.74) is -0.430. The highest BCUT2D eigenvalue weighted by Gasteiger charge is 2.31. The molecule has 7 nitrogen and oxygen atoms in total. The summed E-state index contributed by atoms with van der Waals surface area (Å²) in [6.45, 7) is 3.84. The predicted octanol–water partition coefficient (Wildman–Crippen LogP) is 3.57. The zero-order chi connectivity index (χ0) is 18.7. The summed E-state index contributed by atoms with van der Waals surface area (Å²) >= 11 is 1.50. The Morgan fingerprint density at radius 3 is 2.36 bits per heavy atom. The maximum absolute atomic E-state index is 11.9. The maximum atomic E-state index is 11.9. The lowest BCUT2D eigenvalue weighted by atomic mass is 10.2. The number of nitrogens with two attached hydrogens (primary N) is 1. The van der Waals surface area contributed by atoms with Crippen molar-refractivity contribution >= 4 is 33.2 Å². The van der Waals surface area contributed by atoms with Gasteiger partial charge in [0.2, 0.25) is 10.0 Å². The number of primary sulfonamides is 1. The van der Waals surface area contributed by atoms with Gasteiger partial charge in [-0.25, -0.2) is 13.6 Å². The number of anilines is 1. The van der Waals surface area contributed by atoms with Gasteiger partial charge in [-0.3, -0.25) is 10.1 Å². The van der Waals surface area contributed by atoms with Crippen molar-refractivity contribution in [3.05, 3.63) is 58.6 Å². The molecule has 0 heterocycles. The van der Waals surface area contributed by atoms with Crippen molar-refractivity contribution in [1.82, 2.24) is 0 Å². The van der Waals surface area contributed by atoms with E-state index in [9.17, 15) is 18.5 Å². The lowest BCUT2D eigenvalue weighted by Gasteiger charge is -2.31. The topological polar surface area (TPSA) is 115 Å². The first-order valence-corrected chi connectivity index (χ1v) is 9.85. The molecule has 0 aromatic heterocycles. The molecule has 0 aliphatic heterocycles. The first kappa shape index (κ1) is 19.2. The maximum Gasteiger partial charge on any atom is 0.291 e. The van der Waals surface area contributed by atoms with Crippen LogP contribution in [-0.2, 0) is 10.0 Å². The monoisotopic (exact) mass is 381 g/mol. The molecule has 0 bridgehead atoms. The third-order valence-electron chi connectivity index (χ3n) is 3.64. The molecular formula is C16H19N3O4S2. The van der Waals surface area contributed by atoms with Crippen LogP contribution in [-0.4, -0.2) is 18.2 Å². The van der Waals surface area contributed by atoms with Gasteiger partial charge in [0.05, 0.1) is 15.5 Å². The van der Waals surface area contributed by atoms with Crippen LogP contribution < -0.4 is 10.5 Å².